The summed E-state index contributed by atoms with van der Waals surface area (Å²) >= 11 is 12.6. The maximum atomic E-state index is 13.1. The van der Waals surface area contributed by atoms with Gasteiger partial charge in [0.1, 0.15) is 0 Å². The van der Waals surface area contributed by atoms with Crippen molar-refractivity contribution in [2.45, 2.75) is 9.79 Å². The number of Topliss-reactive ketones (excluding diaryl/α,β-unsaturated/α-hetero) is 1. The van der Waals surface area contributed by atoms with Gasteiger partial charge in [-0.05, 0) is 78.6 Å². The van der Waals surface area contributed by atoms with Gasteiger partial charge in [-0.3, -0.25) is 4.79 Å². The third kappa shape index (κ3) is 5.76. The van der Waals surface area contributed by atoms with Crippen molar-refractivity contribution in [1.82, 2.24) is 0 Å². The van der Waals surface area contributed by atoms with Gasteiger partial charge in [0.05, 0.1) is 4.91 Å². The fourth-order valence-corrected chi connectivity index (χ4v) is 4.10. The molecule has 0 aromatic heterocycles. The van der Waals surface area contributed by atoms with E-state index in [1.807, 2.05) is 48.7 Å². The molecule has 0 unspecified atom stereocenters. The second kappa shape index (κ2) is 9.65. The van der Waals surface area contributed by atoms with Crippen molar-refractivity contribution in [2.24, 2.45) is 0 Å². The predicted octanol–water partition coefficient (Wildman–Crippen LogP) is 7.84. The number of carbonyl (C=O) groups is 1. The van der Waals surface area contributed by atoms with Gasteiger partial charge in [0, 0.05) is 24.8 Å². The molecule has 0 saturated heterocycles. The Hall–Kier alpha value is -1.46. The molecule has 5 heteroatoms. The zero-order chi connectivity index (χ0) is 19.2. The molecule has 0 atom stereocenters. The summed E-state index contributed by atoms with van der Waals surface area (Å²) in [6.07, 6.45) is 3.98. The zero-order valence-electron chi connectivity index (χ0n) is 14.5. The smallest absolute Gasteiger partial charge is 0.199 e. The summed E-state index contributed by atoms with van der Waals surface area (Å²) in [7, 11) is 0. The van der Waals surface area contributed by atoms with Crippen molar-refractivity contribution < 1.29 is 4.79 Å². The highest BCUT2D eigenvalue weighted by Gasteiger charge is 2.14. The van der Waals surface area contributed by atoms with Crippen LogP contribution in [-0.4, -0.2) is 12.0 Å². The number of thioether (sulfide) groups is 2. The summed E-state index contributed by atoms with van der Waals surface area (Å²) in [5, 5.41) is 0.616. The molecule has 3 aromatic carbocycles. The van der Waals surface area contributed by atoms with Crippen LogP contribution < -0.4 is 0 Å². The lowest BCUT2D eigenvalue weighted by atomic mass is 10.1. The highest BCUT2D eigenvalue weighted by Crippen LogP contribution is 2.32. The van der Waals surface area contributed by atoms with Crippen LogP contribution in [0.2, 0.25) is 5.02 Å². The van der Waals surface area contributed by atoms with E-state index < -0.39 is 0 Å². The predicted molar refractivity (Wildman–Crippen MR) is 122 cm³/mol. The lowest BCUT2D eigenvalue weighted by Crippen LogP contribution is -2.00. The monoisotopic (exact) mass is 474 g/mol. The van der Waals surface area contributed by atoms with Gasteiger partial charge in [-0.15, -0.1) is 11.8 Å². The van der Waals surface area contributed by atoms with Crippen LogP contribution >= 0.6 is 51.1 Å². The molecule has 0 N–H and O–H groups in total. The van der Waals surface area contributed by atoms with Crippen molar-refractivity contribution in [3.05, 3.63) is 98.3 Å². The number of halogens is 2. The molecule has 0 aliphatic heterocycles. The number of rotatable bonds is 6. The van der Waals surface area contributed by atoms with Gasteiger partial charge in [0.25, 0.3) is 0 Å². The van der Waals surface area contributed by atoms with E-state index in [2.05, 4.69) is 28.1 Å². The van der Waals surface area contributed by atoms with Crippen LogP contribution in [0.3, 0.4) is 0 Å². The molecular weight excluding hydrogens is 460 g/mol. The molecule has 0 aliphatic carbocycles. The van der Waals surface area contributed by atoms with Crippen molar-refractivity contribution in [1.29, 1.82) is 0 Å². The van der Waals surface area contributed by atoms with Gasteiger partial charge >= 0.3 is 0 Å². The summed E-state index contributed by atoms with van der Waals surface area (Å²) in [4.78, 5) is 16.0. The van der Waals surface area contributed by atoms with Gasteiger partial charge in [0.15, 0.2) is 5.78 Å². The summed E-state index contributed by atoms with van der Waals surface area (Å²) in [6, 6.07) is 23.1. The molecule has 3 rings (SSSR count). The Balaban J connectivity index is 1.96. The number of hydrogen-bond acceptors (Lipinski definition) is 3. The number of ketones is 1. The van der Waals surface area contributed by atoms with Crippen LogP contribution in [0.5, 0.6) is 0 Å². The molecular formula is C22H16BrClOS2. The van der Waals surface area contributed by atoms with Crippen molar-refractivity contribution in [2.75, 3.05) is 6.26 Å². The number of hydrogen-bond donors (Lipinski definition) is 0. The third-order valence-corrected chi connectivity index (χ3v) is 6.34. The minimum atomic E-state index is -0.0199. The summed E-state index contributed by atoms with van der Waals surface area (Å²) in [6.45, 7) is 0. The maximum absolute atomic E-state index is 13.1. The molecule has 27 heavy (non-hydrogen) atoms. The fourth-order valence-electron chi connectivity index (χ4n) is 2.37. The molecule has 3 aromatic rings. The van der Waals surface area contributed by atoms with Crippen LogP contribution in [-0.2, 0) is 0 Å². The Morgan fingerprint density at radius 3 is 2.07 bits per heavy atom. The molecule has 1 nitrogen and oxygen atoms in total. The van der Waals surface area contributed by atoms with Crippen molar-refractivity contribution in [3.8, 4) is 0 Å². The number of benzene rings is 3. The minimum Gasteiger partial charge on any atom is -0.288 e. The third-order valence-electron chi connectivity index (χ3n) is 3.79. The minimum absolute atomic E-state index is 0.0199. The molecule has 0 bridgehead atoms. The number of allylic oxidation sites excluding steroid dienone is 1. The van der Waals surface area contributed by atoms with Crippen molar-refractivity contribution in [3.63, 3.8) is 0 Å². The average Bonchev–Trinajstić information content (AvgIpc) is 2.70. The first-order chi connectivity index (χ1) is 13.0. The Bertz CT molecular complexity index is 949. The maximum Gasteiger partial charge on any atom is 0.199 e. The van der Waals surface area contributed by atoms with Crippen LogP contribution in [0.1, 0.15) is 15.9 Å². The highest BCUT2D eigenvalue weighted by atomic mass is 79.9. The van der Waals surface area contributed by atoms with Crippen LogP contribution in [0, 0.1) is 0 Å². The van der Waals surface area contributed by atoms with E-state index in [4.69, 9.17) is 11.6 Å². The lowest BCUT2D eigenvalue weighted by molar-refractivity contribution is 0.104. The van der Waals surface area contributed by atoms with Gasteiger partial charge < -0.3 is 0 Å². The molecule has 0 radical (unpaired) electrons. The highest BCUT2D eigenvalue weighted by molar-refractivity contribution is 9.10. The SMILES string of the molecule is CSc1ccc(/C=C(/Sc2ccc(Br)cc2)C(=O)c2ccc(Cl)cc2)cc1. The zero-order valence-corrected chi connectivity index (χ0v) is 18.5. The Kier molecular flexibility index (Phi) is 7.25. The van der Waals surface area contributed by atoms with Crippen molar-refractivity contribution >= 4 is 62.9 Å². The quantitative estimate of drug-likeness (QED) is 0.205. The largest absolute Gasteiger partial charge is 0.288 e. The second-order valence-corrected chi connectivity index (χ2v) is 9.02. The Morgan fingerprint density at radius 1 is 0.889 bits per heavy atom. The van der Waals surface area contributed by atoms with Crippen LogP contribution in [0.15, 0.2) is 92.0 Å². The first-order valence-corrected chi connectivity index (χ1v) is 11.4. The summed E-state index contributed by atoms with van der Waals surface area (Å²) in [5.41, 5.74) is 1.62. The standard InChI is InChI=1S/C22H16BrClOS2/c1-26-19-10-2-15(3-11-19)14-21(27-20-12-6-17(23)7-13-20)22(25)16-4-8-18(24)9-5-16/h2-14H,1H3/b21-14+. The first-order valence-electron chi connectivity index (χ1n) is 8.14. The molecule has 0 heterocycles. The summed E-state index contributed by atoms with van der Waals surface area (Å²) in [5.74, 6) is -0.0199. The molecule has 136 valence electrons. The first kappa shape index (κ1) is 20.3. The molecule has 0 spiro atoms. The second-order valence-electron chi connectivity index (χ2n) is 5.67. The lowest BCUT2D eigenvalue weighted by Gasteiger charge is -2.08. The van der Waals surface area contributed by atoms with E-state index in [0.29, 0.717) is 15.5 Å². The van der Waals surface area contributed by atoms with Gasteiger partial charge in [-0.1, -0.05) is 51.4 Å². The molecule has 0 aliphatic rings. The van der Waals surface area contributed by atoms with E-state index in [1.165, 1.54) is 16.7 Å². The Morgan fingerprint density at radius 2 is 1.48 bits per heavy atom. The van der Waals surface area contributed by atoms with Crippen LogP contribution in [0.25, 0.3) is 6.08 Å². The molecule has 0 amide bonds. The Labute approximate surface area is 181 Å². The fraction of sp³-hybridized carbons (Fsp3) is 0.0455. The normalized spacial score (nSPS) is 11.4. The summed E-state index contributed by atoms with van der Waals surface area (Å²) < 4.78 is 1.01. The van der Waals surface area contributed by atoms with Gasteiger partial charge in [0.2, 0.25) is 0 Å². The van der Waals surface area contributed by atoms with E-state index >= 15 is 0 Å². The molecule has 0 fully saturated rings. The van der Waals surface area contributed by atoms with Gasteiger partial charge in [-0.2, -0.15) is 0 Å². The average molecular weight is 476 g/mol. The van der Waals surface area contributed by atoms with E-state index in [0.717, 1.165) is 14.9 Å². The number of carbonyl (C=O) groups excluding carboxylic acids is 1. The molecule has 0 saturated carbocycles. The van der Waals surface area contributed by atoms with Gasteiger partial charge in [-0.25, -0.2) is 0 Å². The van der Waals surface area contributed by atoms with E-state index in [9.17, 15) is 4.79 Å². The topological polar surface area (TPSA) is 17.1 Å². The van der Waals surface area contributed by atoms with E-state index in [-0.39, 0.29) is 5.78 Å². The van der Waals surface area contributed by atoms with E-state index in [1.54, 1.807) is 36.0 Å². The van der Waals surface area contributed by atoms with Crippen LogP contribution in [0.4, 0.5) is 0 Å².